The Bertz CT molecular complexity index is 586. The van der Waals surface area contributed by atoms with Gasteiger partial charge in [-0.05, 0) is 39.1 Å². The van der Waals surface area contributed by atoms with Crippen LogP contribution in [0.25, 0.3) is 0 Å². The fourth-order valence-corrected chi connectivity index (χ4v) is 2.47. The summed E-state index contributed by atoms with van der Waals surface area (Å²) in [6.45, 7) is 4.37. The second kappa shape index (κ2) is 6.93. The third kappa shape index (κ3) is 4.31. The zero-order valence-electron chi connectivity index (χ0n) is 12.1. The van der Waals surface area contributed by atoms with Crippen LogP contribution in [-0.2, 0) is 15.5 Å². The summed E-state index contributed by atoms with van der Waals surface area (Å²) in [7, 11) is -2.35. The van der Waals surface area contributed by atoms with Crippen molar-refractivity contribution in [2.75, 3.05) is 19.5 Å². The van der Waals surface area contributed by atoms with Gasteiger partial charge in [-0.3, -0.25) is 4.55 Å². The summed E-state index contributed by atoms with van der Waals surface area (Å²) in [4.78, 5) is -0.197. The van der Waals surface area contributed by atoms with Crippen molar-refractivity contribution in [3.63, 3.8) is 0 Å². The van der Waals surface area contributed by atoms with Crippen LogP contribution >= 0.6 is 11.6 Å². The first-order chi connectivity index (χ1) is 9.64. The molecule has 2 rings (SSSR count). The third-order valence-electron chi connectivity index (χ3n) is 3.14. The Kier molecular flexibility index (Phi) is 6.01. The van der Waals surface area contributed by atoms with Gasteiger partial charge in [-0.15, -0.1) is 11.6 Å². The second-order valence-electron chi connectivity index (χ2n) is 5.12. The maximum Gasteiger partial charge on any atom is 0.294 e. The molecule has 1 aliphatic heterocycles. The predicted molar refractivity (Wildman–Crippen MR) is 80.6 cm³/mol. The van der Waals surface area contributed by atoms with Crippen molar-refractivity contribution >= 4 is 21.7 Å². The molecule has 0 aromatic heterocycles. The molecular formula is C13H20ClNO5S. The van der Waals surface area contributed by atoms with E-state index in [1.54, 1.807) is 13.8 Å². The van der Waals surface area contributed by atoms with Gasteiger partial charge in [-0.25, -0.2) is 0 Å². The topological polar surface area (TPSA) is 95.9 Å². The van der Waals surface area contributed by atoms with E-state index >= 15 is 0 Å². The monoisotopic (exact) mass is 337 g/mol. The van der Waals surface area contributed by atoms with E-state index in [1.807, 2.05) is 7.05 Å². The molecular weight excluding hydrogens is 318 g/mol. The fraction of sp³-hybridized carbons (Fsp3) is 0.538. The second-order valence-corrected chi connectivity index (χ2v) is 6.92. The molecule has 0 bridgehead atoms. The molecule has 8 heteroatoms. The molecule has 0 amide bonds. The van der Waals surface area contributed by atoms with Crippen molar-refractivity contribution in [2.24, 2.45) is 0 Å². The number of alkyl halides is 1. The first-order valence-corrected chi connectivity index (χ1v) is 8.29. The predicted octanol–water partition coefficient (Wildman–Crippen LogP) is 1.37. The molecule has 0 saturated carbocycles. The molecule has 1 aromatic rings. The van der Waals surface area contributed by atoms with Gasteiger partial charge in [-0.2, -0.15) is 8.42 Å². The molecule has 0 fully saturated rings. The van der Waals surface area contributed by atoms with Crippen LogP contribution in [0.1, 0.15) is 19.4 Å². The van der Waals surface area contributed by atoms with Gasteiger partial charge in [-0.1, -0.05) is 0 Å². The molecule has 0 saturated heterocycles. The van der Waals surface area contributed by atoms with Crippen LogP contribution in [0.3, 0.4) is 0 Å². The van der Waals surface area contributed by atoms with Gasteiger partial charge >= 0.3 is 0 Å². The Hall–Kier alpha value is -0.860. The van der Waals surface area contributed by atoms with Crippen LogP contribution in [0.2, 0.25) is 0 Å². The largest absolute Gasteiger partial charge is 0.464 e. The number of aliphatic hydroxyl groups is 1. The minimum Gasteiger partial charge on any atom is -0.464 e. The summed E-state index contributed by atoms with van der Waals surface area (Å²) < 4.78 is 36.0. The van der Waals surface area contributed by atoms with Gasteiger partial charge in [0.15, 0.2) is 0 Å². The molecule has 0 radical (unpaired) electrons. The highest BCUT2D eigenvalue weighted by Crippen LogP contribution is 2.42. The van der Waals surface area contributed by atoms with Crippen molar-refractivity contribution in [1.29, 1.82) is 0 Å². The highest BCUT2D eigenvalue weighted by molar-refractivity contribution is 7.85. The minimum absolute atomic E-state index is 0.197. The number of hydrogen-bond donors (Lipinski definition) is 3. The number of rotatable bonds is 3. The molecule has 1 unspecified atom stereocenters. The number of ether oxygens (including phenoxy) is 1. The summed E-state index contributed by atoms with van der Waals surface area (Å²) in [6.07, 6.45) is -1.01. The summed E-state index contributed by atoms with van der Waals surface area (Å²) in [5, 5.41) is 12.5. The Morgan fingerprint density at radius 1 is 1.43 bits per heavy atom. The lowest BCUT2D eigenvalue weighted by atomic mass is 9.85. The van der Waals surface area contributed by atoms with E-state index in [1.165, 1.54) is 18.2 Å². The number of aliphatic hydroxyl groups excluding tert-OH is 1. The highest BCUT2D eigenvalue weighted by atomic mass is 35.5. The normalized spacial score (nSPS) is 19.2. The van der Waals surface area contributed by atoms with Gasteiger partial charge in [0.2, 0.25) is 6.29 Å². The Labute approximate surface area is 129 Å². The molecule has 0 aliphatic carbocycles. The van der Waals surface area contributed by atoms with E-state index < -0.39 is 21.8 Å². The lowest BCUT2D eigenvalue weighted by molar-refractivity contribution is -0.0450. The first kappa shape index (κ1) is 18.2. The lowest BCUT2D eigenvalue weighted by Gasteiger charge is -2.20. The summed E-state index contributed by atoms with van der Waals surface area (Å²) in [5.74, 6) is 1.14. The van der Waals surface area contributed by atoms with Gasteiger partial charge in [0.1, 0.15) is 5.75 Å². The summed E-state index contributed by atoms with van der Waals surface area (Å²) >= 11 is 5.24. The van der Waals surface area contributed by atoms with E-state index in [-0.39, 0.29) is 4.90 Å². The Morgan fingerprint density at radius 3 is 2.48 bits per heavy atom. The van der Waals surface area contributed by atoms with E-state index in [2.05, 4.69) is 5.32 Å². The molecule has 1 heterocycles. The van der Waals surface area contributed by atoms with E-state index in [0.29, 0.717) is 17.2 Å². The van der Waals surface area contributed by atoms with Crippen molar-refractivity contribution < 1.29 is 22.8 Å². The van der Waals surface area contributed by atoms with Gasteiger partial charge in [0, 0.05) is 18.0 Å². The number of benzene rings is 1. The van der Waals surface area contributed by atoms with E-state index in [0.717, 1.165) is 6.54 Å². The van der Waals surface area contributed by atoms with Gasteiger partial charge in [0.05, 0.1) is 10.3 Å². The van der Waals surface area contributed by atoms with Crippen LogP contribution < -0.4 is 10.1 Å². The molecule has 120 valence electrons. The van der Waals surface area contributed by atoms with E-state index in [4.69, 9.17) is 20.9 Å². The van der Waals surface area contributed by atoms with E-state index in [9.17, 15) is 13.5 Å². The van der Waals surface area contributed by atoms with Crippen LogP contribution in [0, 0.1) is 0 Å². The highest BCUT2D eigenvalue weighted by Gasteiger charge is 2.41. The molecule has 0 spiro atoms. The Morgan fingerprint density at radius 2 is 2.05 bits per heavy atom. The number of halogens is 1. The third-order valence-corrected chi connectivity index (χ3v) is 4.18. The summed E-state index contributed by atoms with van der Waals surface area (Å²) in [6, 6.07) is 3.99. The molecule has 21 heavy (non-hydrogen) atoms. The van der Waals surface area contributed by atoms with Crippen LogP contribution in [0.15, 0.2) is 23.1 Å². The van der Waals surface area contributed by atoms with Crippen molar-refractivity contribution in [3.8, 4) is 5.75 Å². The number of fused-ring (bicyclic) bond motifs is 1. The summed E-state index contributed by atoms with van der Waals surface area (Å²) in [5.41, 5.74) is -0.133. The van der Waals surface area contributed by atoms with Crippen molar-refractivity contribution in [1.82, 2.24) is 5.32 Å². The van der Waals surface area contributed by atoms with Crippen LogP contribution in [-0.4, -0.2) is 43.8 Å². The lowest BCUT2D eigenvalue weighted by Crippen LogP contribution is -2.31. The fourth-order valence-electron chi connectivity index (χ4n) is 1.77. The minimum atomic E-state index is -4.23. The van der Waals surface area contributed by atoms with Crippen molar-refractivity contribution in [3.05, 3.63) is 23.8 Å². The zero-order valence-corrected chi connectivity index (χ0v) is 13.7. The number of hydrogen-bond acceptors (Lipinski definition) is 5. The maximum atomic E-state index is 11.0. The zero-order chi connectivity index (χ0) is 16.3. The van der Waals surface area contributed by atoms with Gasteiger partial charge < -0.3 is 15.2 Å². The van der Waals surface area contributed by atoms with Crippen molar-refractivity contribution in [2.45, 2.75) is 30.4 Å². The van der Waals surface area contributed by atoms with Crippen LogP contribution in [0.4, 0.5) is 0 Å². The molecule has 1 aromatic carbocycles. The van der Waals surface area contributed by atoms with Gasteiger partial charge in [0.25, 0.3) is 10.1 Å². The van der Waals surface area contributed by atoms with Crippen LogP contribution in [0.5, 0.6) is 5.75 Å². The Balaban J connectivity index is 0.000000383. The molecule has 1 aliphatic rings. The SMILES string of the molecule is CC1(C)c2cc(S(=O)(=O)O)ccc2OC1O.CNCCCl. The average molecular weight is 338 g/mol. The molecule has 3 N–H and O–H groups in total. The molecule has 1 atom stereocenters. The average Bonchev–Trinajstić information content (AvgIpc) is 2.61. The quantitative estimate of drug-likeness (QED) is 0.569. The maximum absolute atomic E-state index is 11.0. The number of nitrogens with one attached hydrogen (secondary N) is 1. The molecule has 6 nitrogen and oxygen atoms in total. The standard InChI is InChI=1S/C10H12O5S.C3H8ClN/c1-10(2)7-5-6(16(12,13)14)3-4-8(7)15-9(10)11;1-5-3-2-4/h3-5,9,11H,1-2H3,(H,12,13,14);5H,2-3H2,1H3. The smallest absolute Gasteiger partial charge is 0.294 e. The first-order valence-electron chi connectivity index (χ1n) is 6.32.